The minimum Gasteiger partial charge on any atom is -0.493 e. The molecule has 0 bridgehead atoms. The van der Waals surface area contributed by atoms with Gasteiger partial charge in [0.15, 0.2) is 0 Å². The van der Waals surface area contributed by atoms with Crippen LogP contribution in [0.15, 0.2) is 18.2 Å². The lowest BCUT2D eigenvalue weighted by atomic mass is 9.84. The average Bonchev–Trinajstić information content (AvgIpc) is 2.84. The molecule has 4 heteroatoms. The molecule has 0 saturated carbocycles. The molecule has 1 aliphatic rings. The standard InChI is InChI=1S/C16H23NO3/c1-16(2,3)14(6-8-18)17-15(19)12-4-5-13-11(10-12)7-9-20-13/h4-5,10,14,18H,6-9H2,1-3H3,(H,17,19). The number of benzene rings is 1. The molecule has 1 aliphatic heterocycles. The SMILES string of the molecule is CC(C)(C)C(CCO)NC(=O)c1ccc2c(c1)CCO2. The monoisotopic (exact) mass is 277 g/mol. The topological polar surface area (TPSA) is 58.6 Å². The minimum atomic E-state index is -0.0897. The predicted octanol–water partition coefficient (Wildman–Crippen LogP) is 2.15. The summed E-state index contributed by atoms with van der Waals surface area (Å²) >= 11 is 0. The van der Waals surface area contributed by atoms with Gasteiger partial charge in [-0.1, -0.05) is 20.8 Å². The Hall–Kier alpha value is -1.55. The van der Waals surface area contributed by atoms with Crippen molar-refractivity contribution in [1.29, 1.82) is 0 Å². The van der Waals surface area contributed by atoms with Gasteiger partial charge in [0.2, 0.25) is 0 Å². The van der Waals surface area contributed by atoms with E-state index in [1.807, 2.05) is 12.1 Å². The zero-order valence-electron chi connectivity index (χ0n) is 12.4. The second-order valence-electron chi connectivity index (χ2n) is 6.33. The maximum absolute atomic E-state index is 12.3. The van der Waals surface area contributed by atoms with E-state index in [9.17, 15) is 4.79 Å². The van der Waals surface area contributed by atoms with Crippen molar-refractivity contribution in [2.24, 2.45) is 5.41 Å². The highest BCUT2D eigenvalue weighted by molar-refractivity contribution is 5.94. The van der Waals surface area contributed by atoms with Crippen LogP contribution in [0.25, 0.3) is 0 Å². The van der Waals surface area contributed by atoms with Gasteiger partial charge in [-0.25, -0.2) is 0 Å². The van der Waals surface area contributed by atoms with Gasteiger partial charge in [0, 0.05) is 24.6 Å². The first kappa shape index (κ1) is 14.9. The number of hydrogen-bond donors (Lipinski definition) is 2. The van der Waals surface area contributed by atoms with Crippen molar-refractivity contribution in [3.05, 3.63) is 29.3 Å². The van der Waals surface area contributed by atoms with Crippen molar-refractivity contribution < 1.29 is 14.6 Å². The van der Waals surface area contributed by atoms with Crippen LogP contribution >= 0.6 is 0 Å². The Morgan fingerprint density at radius 3 is 2.85 bits per heavy atom. The van der Waals surface area contributed by atoms with Crippen LogP contribution in [0, 0.1) is 5.41 Å². The Labute approximate surface area is 120 Å². The molecule has 0 fully saturated rings. The first-order valence-corrected chi connectivity index (χ1v) is 7.09. The maximum Gasteiger partial charge on any atom is 0.251 e. The Bertz CT molecular complexity index is 491. The molecule has 110 valence electrons. The summed E-state index contributed by atoms with van der Waals surface area (Å²) in [7, 11) is 0. The van der Waals surface area contributed by atoms with E-state index >= 15 is 0 Å². The highest BCUT2D eigenvalue weighted by Gasteiger charge is 2.26. The average molecular weight is 277 g/mol. The summed E-state index contributed by atoms with van der Waals surface area (Å²) in [5, 5.41) is 12.2. The summed E-state index contributed by atoms with van der Waals surface area (Å²) in [6.45, 7) is 6.94. The third-order valence-corrected chi connectivity index (χ3v) is 3.72. The predicted molar refractivity (Wildman–Crippen MR) is 78.1 cm³/mol. The Kier molecular flexibility index (Phi) is 4.33. The summed E-state index contributed by atoms with van der Waals surface area (Å²) in [5.74, 6) is 0.789. The molecule has 0 aromatic heterocycles. The summed E-state index contributed by atoms with van der Waals surface area (Å²) < 4.78 is 5.44. The lowest BCUT2D eigenvalue weighted by molar-refractivity contribution is 0.0885. The van der Waals surface area contributed by atoms with Crippen LogP contribution in [0.3, 0.4) is 0 Å². The number of rotatable bonds is 4. The lowest BCUT2D eigenvalue weighted by Crippen LogP contribution is -2.44. The number of aliphatic hydroxyl groups excluding tert-OH is 1. The van der Waals surface area contributed by atoms with Crippen LogP contribution in [0.2, 0.25) is 0 Å². The van der Waals surface area contributed by atoms with Crippen molar-refractivity contribution in [2.75, 3.05) is 13.2 Å². The van der Waals surface area contributed by atoms with Crippen LogP contribution < -0.4 is 10.1 Å². The van der Waals surface area contributed by atoms with E-state index in [1.165, 1.54) is 0 Å². The van der Waals surface area contributed by atoms with Crippen LogP contribution in [-0.2, 0) is 6.42 Å². The van der Waals surface area contributed by atoms with Crippen LogP contribution in [-0.4, -0.2) is 30.3 Å². The van der Waals surface area contributed by atoms with Gasteiger partial charge in [-0.2, -0.15) is 0 Å². The van der Waals surface area contributed by atoms with Gasteiger partial charge in [0.25, 0.3) is 5.91 Å². The number of carbonyl (C=O) groups excluding carboxylic acids is 1. The van der Waals surface area contributed by atoms with Crippen LogP contribution in [0.1, 0.15) is 43.1 Å². The maximum atomic E-state index is 12.3. The van der Waals surface area contributed by atoms with Crippen molar-refractivity contribution in [1.82, 2.24) is 5.32 Å². The van der Waals surface area contributed by atoms with Crippen molar-refractivity contribution in [3.8, 4) is 5.75 Å². The first-order valence-electron chi connectivity index (χ1n) is 7.09. The van der Waals surface area contributed by atoms with E-state index in [-0.39, 0.29) is 24.0 Å². The summed E-state index contributed by atoms with van der Waals surface area (Å²) in [5.41, 5.74) is 1.66. The molecule has 2 rings (SSSR count). The largest absolute Gasteiger partial charge is 0.493 e. The van der Waals surface area contributed by atoms with E-state index in [0.717, 1.165) is 17.7 Å². The molecule has 1 amide bonds. The molecule has 0 saturated heterocycles. The number of amides is 1. The van der Waals surface area contributed by atoms with Gasteiger partial charge in [-0.3, -0.25) is 4.79 Å². The molecule has 1 heterocycles. The van der Waals surface area contributed by atoms with Crippen molar-refractivity contribution >= 4 is 5.91 Å². The minimum absolute atomic E-state index is 0.0514. The molecule has 0 spiro atoms. The van der Waals surface area contributed by atoms with E-state index < -0.39 is 0 Å². The van der Waals surface area contributed by atoms with E-state index in [0.29, 0.717) is 18.6 Å². The molecule has 20 heavy (non-hydrogen) atoms. The number of fused-ring (bicyclic) bond motifs is 1. The molecule has 1 atom stereocenters. The molecular formula is C16H23NO3. The zero-order valence-corrected chi connectivity index (χ0v) is 12.4. The zero-order chi connectivity index (χ0) is 14.8. The van der Waals surface area contributed by atoms with E-state index in [2.05, 4.69) is 26.1 Å². The first-order chi connectivity index (χ1) is 9.41. The second kappa shape index (κ2) is 5.83. The molecule has 1 unspecified atom stereocenters. The van der Waals surface area contributed by atoms with Gasteiger partial charge < -0.3 is 15.2 Å². The Balaban J connectivity index is 2.11. The molecular weight excluding hydrogens is 254 g/mol. The van der Waals surface area contributed by atoms with Gasteiger partial charge in [-0.05, 0) is 35.6 Å². The third-order valence-electron chi connectivity index (χ3n) is 3.72. The Morgan fingerprint density at radius 1 is 1.45 bits per heavy atom. The van der Waals surface area contributed by atoms with Crippen LogP contribution in [0.4, 0.5) is 0 Å². The van der Waals surface area contributed by atoms with Gasteiger partial charge in [0.05, 0.1) is 6.61 Å². The molecule has 1 aromatic carbocycles. The summed E-state index contributed by atoms with van der Waals surface area (Å²) in [4.78, 5) is 12.3. The van der Waals surface area contributed by atoms with Crippen molar-refractivity contribution in [3.63, 3.8) is 0 Å². The molecule has 4 nitrogen and oxygen atoms in total. The molecule has 0 aliphatic carbocycles. The highest BCUT2D eigenvalue weighted by Crippen LogP contribution is 2.26. The van der Waals surface area contributed by atoms with E-state index in [1.54, 1.807) is 6.07 Å². The smallest absolute Gasteiger partial charge is 0.251 e. The normalized spacial score (nSPS) is 15.4. The number of nitrogens with one attached hydrogen (secondary N) is 1. The third kappa shape index (κ3) is 3.31. The number of ether oxygens (including phenoxy) is 1. The lowest BCUT2D eigenvalue weighted by Gasteiger charge is -2.31. The number of hydrogen-bond acceptors (Lipinski definition) is 3. The van der Waals surface area contributed by atoms with Gasteiger partial charge in [0.1, 0.15) is 5.75 Å². The number of aliphatic hydroxyl groups is 1. The van der Waals surface area contributed by atoms with Gasteiger partial charge in [-0.15, -0.1) is 0 Å². The quantitative estimate of drug-likeness (QED) is 0.886. The number of carbonyl (C=O) groups is 1. The van der Waals surface area contributed by atoms with E-state index in [4.69, 9.17) is 9.84 Å². The fourth-order valence-electron chi connectivity index (χ4n) is 2.42. The van der Waals surface area contributed by atoms with Gasteiger partial charge >= 0.3 is 0 Å². The Morgan fingerprint density at radius 2 is 2.20 bits per heavy atom. The summed E-state index contributed by atoms with van der Waals surface area (Å²) in [6, 6.07) is 5.49. The molecule has 1 aromatic rings. The second-order valence-corrected chi connectivity index (χ2v) is 6.33. The van der Waals surface area contributed by atoms with Crippen LogP contribution in [0.5, 0.6) is 5.75 Å². The molecule has 0 radical (unpaired) electrons. The molecule has 2 N–H and O–H groups in total. The fourth-order valence-corrected chi connectivity index (χ4v) is 2.42. The van der Waals surface area contributed by atoms with Crippen molar-refractivity contribution in [2.45, 2.75) is 39.7 Å². The fraction of sp³-hybridized carbons (Fsp3) is 0.562. The summed E-state index contributed by atoms with van der Waals surface area (Å²) in [6.07, 6.45) is 1.42. The highest BCUT2D eigenvalue weighted by atomic mass is 16.5.